The molecule has 28 heavy (non-hydrogen) atoms. The maximum atomic E-state index is 12.6. The Bertz CT molecular complexity index is 675. The topological polar surface area (TPSA) is 140 Å². The number of aliphatic hydroxyl groups is 4. The molecule has 0 unspecified atom stereocenters. The number of hydrogen-bond donors (Lipinski definition) is 5. The average Bonchev–Trinajstić information content (AvgIpc) is 2.73. The first-order valence-electron chi connectivity index (χ1n) is 9.35. The van der Waals surface area contributed by atoms with Crippen LogP contribution < -0.4 is 10.2 Å². The van der Waals surface area contributed by atoms with E-state index in [0.29, 0.717) is 31.5 Å². The van der Waals surface area contributed by atoms with Crippen LogP contribution in [0.15, 0.2) is 24.3 Å². The Morgan fingerprint density at radius 3 is 2.36 bits per heavy atom. The third-order valence-electron chi connectivity index (χ3n) is 5.47. The van der Waals surface area contributed by atoms with Gasteiger partial charge in [0, 0.05) is 30.3 Å². The van der Waals surface area contributed by atoms with Crippen LogP contribution in [0.2, 0.25) is 0 Å². The van der Waals surface area contributed by atoms with E-state index < -0.39 is 37.3 Å². The minimum Gasteiger partial charge on any atom is -0.394 e. The Labute approximate surface area is 162 Å². The normalized spacial score (nSPS) is 31.4. The van der Waals surface area contributed by atoms with Crippen molar-refractivity contribution in [2.24, 2.45) is 5.92 Å². The van der Waals surface area contributed by atoms with Crippen LogP contribution in [-0.4, -0.2) is 83.0 Å². The first-order valence-corrected chi connectivity index (χ1v) is 9.35. The minimum atomic E-state index is -1.52. The molecule has 2 aliphatic heterocycles. The highest BCUT2D eigenvalue weighted by molar-refractivity contribution is 5.79. The summed E-state index contributed by atoms with van der Waals surface area (Å²) in [6.45, 7) is 0.752. The van der Waals surface area contributed by atoms with Gasteiger partial charge >= 0.3 is 0 Å². The predicted molar refractivity (Wildman–Crippen MR) is 98.7 cm³/mol. The van der Waals surface area contributed by atoms with E-state index in [2.05, 4.69) is 10.2 Å². The molecule has 1 aromatic rings. The van der Waals surface area contributed by atoms with Gasteiger partial charge in [0.25, 0.3) is 0 Å². The van der Waals surface area contributed by atoms with Gasteiger partial charge in [-0.2, -0.15) is 0 Å². The lowest BCUT2D eigenvalue weighted by atomic mass is 9.93. The Balaban J connectivity index is 1.54. The predicted octanol–water partition coefficient (Wildman–Crippen LogP) is -1.37. The summed E-state index contributed by atoms with van der Waals surface area (Å²) >= 11 is 0. The Morgan fingerprint density at radius 2 is 1.79 bits per heavy atom. The third kappa shape index (κ3) is 4.34. The van der Waals surface area contributed by atoms with Gasteiger partial charge in [-0.05, 0) is 37.1 Å². The number of anilines is 1. The van der Waals surface area contributed by atoms with Crippen molar-refractivity contribution in [2.45, 2.75) is 43.5 Å². The highest BCUT2D eigenvalue weighted by atomic mass is 16.6. The Kier molecular flexibility index (Phi) is 6.63. The molecule has 0 aliphatic carbocycles. The first kappa shape index (κ1) is 20.7. The minimum absolute atomic E-state index is 0.294. The molecule has 0 aromatic heterocycles. The second-order valence-electron chi connectivity index (χ2n) is 7.23. The summed E-state index contributed by atoms with van der Waals surface area (Å²) in [4.78, 5) is 25.4. The van der Waals surface area contributed by atoms with Gasteiger partial charge in [-0.25, -0.2) is 0 Å². The van der Waals surface area contributed by atoms with E-state index in [1.165, 1.54) is 0 Å². The molecule has 9 nitrogen and oxygen atoms in total. The SMILES string of the molecule is O=Cc1ccc(N2CCC(C(=O)N[C@@H]3[C@@H](O)[C@H](O)[C@@H](CO)O[C@H]3O)CC2)cc1. The molecule has 1 amide bonds. The van der Waals surface area contributed by atoms with Crippen LogP contribution in [-0.2, 0) is 9.53 Å². The molecule has 0 saturated carbocycles. The van der Waals surface area contributed by atoms with Gasteiger partial charge in [0.1, 0.15) is 30.6 Å². The highest BCUT2D eigenvalue weighted by Gasteiger charge is 2.44. The van der Waals surface area contributed by atoms with E-state index in [1.807, 2.05) is 12.1 Å². The van der Waals surface area contributed by atoms with Crippen molar-refractivity contribution < 1.29 is 34.8 Å². The largest absolute Gasteiger partial charge is 0.394 e. The quantitative estimate of drug-likeness (QED) is 0.386. The van der Waals surface area contributed by atoms with Crippen molar-refractivity contribution in [3.63, 3.8) is 0 Å². The van der Waals surface area contributed by atoms with Crippen molar-refractivity contribution in [1.82, 2.24) is 5.32 Å². The summed E-state index contributed by atoms with van der Waals surface area (Å²) in [7, 11) is 0. The van der Waals surface area contributed by atoms with Gasteiger partial charge in [-0.1, -0.05) is 0 Å². The van der Waals surface area contributed by atoms with Crippen LogP contribution in [0.3, 0.4) is 0 Å². The second-order valence-corrected chi connectivity index (χ2v) is 7.23. The maximum absolute atomic E-state index is 12.6. The number of carbonyl (C=O) groups excluding carboxylic acids is 2. The Hall–Kier alpha value is -2.04. The number of benzene rings is 1. The molecule has 2 aliphatic rings. The zero-order chi connectivity index (χ0) is 20.3. The molecular weight excluding hydrogens is 368 g/mol. The van der Waals surface area contributed by atoms with Gasteiger partial charge in [0.15, 0.2) is 6.29 Å². The van der Waals surface area contributed by atoms with E-state index in [9.17, 15) is 24.9 Å². The van der Waals surface area contributed by atoms with Crippen molar-refractivity contribution >= 4 is 17.9 Å². The summed E-state index contributed by atoms with van der Waals surface area (Å²) in [5.74, 6) is -0.616. The van der Waals surface area contributed by atoms with Crippen LogP contribution in [0.5, 0.6) is 0 Å². The number of aliphatic hydroxyl groups excluding tert-OH is 4. The highest BCUT2D eigenvalue weighted by Crippen LogP contribution is 2.25. The number of carbonyl (C=O) groups is 2. The van der Waals surface area contributed by atoms with E-state index in [4.69, 9.17) is 9.84 Å². The van der Waals surface area contributed by atoms with Gasteiger partial charge in [0.05, 0.1) is 6.61 Å². The molecule has 0 bridgehead atoms. The number of aldehydes is 1. The molecule has 1 aromatic carbocycles. The molecular formula is C19H26N2O7. The number of rotatable bonds is 5. The Morgan fingerprint density at radius 1 is 1.14 bits per heavy atom. The number of nitrogens with one attached hydrogen (secondary N) is 1. The molecule has 2 heterocycles. The molecule has 5 N–H and O–H groups in total. The standard InChI is InChI=1S/C19H26N2O7/c22-9-11-1-3-13(4-2-11)21-7-5-12(6-8-21)18(26)20-15-17(25)16(24)14(10-23)28-19(15)27/h1-4,9,12,14-17,19,23-25,27H,5-8,10H2,(H,20,26)/t14-,15-,16-,17-,19-/m1/s1. The first-order chi connectivity index (χ1) is 13.4. The van der Waals surface area contributed by atoms with Crippen LogP contribution >= 0.6 is 0 Å². The summed E-state index contributed by atoms with van der Waals surface area (Å²) < 4.78 is 5.06. The maximum Gasteiger partial charge on any atom is 0.223 e. The van der Waals surface area contributed by atoms with Crippen LogP contribution in [0, 0.1) is 5.92 Å². The van der Waals surface area contributed by atoms with E-state index >= 15 is 0 Å². The average molecular weight is 394 g/mol. The van der Waals surface area contributed by atoms with Crippen LogP contribution in [0.4, 0.5) is 5.69 Å². The van der Waals surface area contributed by atoms with E-state index in [0.717, 1.165) is 12.0 Å². The smallest absolute Gasteiger partial charge is 0.223 e. The van der Waals surface area contributed by atoms with Crippen molar-refractivity contribution in [1.29, 1.82) is 0 Å². The second kappa shape index (κ2) is 8.97. The lowest BCUT2D eigenvalue weighted by molar-refractivity contribution is -0.254. The third-order valence-corrected chi connectivity index (χ3v) is 5.47. The molecule has 0 radical (unpaired) electrons. The summed E-state index contributed by atoms with van der Waals surface area (Å²) in [6, 6.07) is 6.07. The molecule has 154 valence electrons. The van der Waals surface area contributed by atoms with Gasteiger partial charge < -0.3 is 35.4 Å². The van der Waals surface area contributed by atoms with Gasteiger partial charge in [-0.15, -0.1) is 0 Å². The number of piperidine rings is 1. The summed E-state index contributed by atoms with van der Waals surface area (Å²) in [5, 5.41) is 41.7. The molecule has 2 fully saturated rings. The fourth-order valence-electron chi connectivity index (χ4n) is 3.70. The summed E-state index contributed by atoms with van der Waals surface area (Å²) in [5.41, 5.74) is 1.59. The number of amides is 1. The monoisotopic (exact) mass is 394 g/mol. The van der Waals surface area contributed by atoms with Crippen molar-refractivity contribution in [2.75, 3.05) is 24.6 Å². The fraction of sp³-hybridized carbons (Fsp3) is 0.579. The molecule has 2 saturated heterocycles. The zero-order valence-corrected chi connectivity index (χ0v) is 15.3. The van der Waals surface area contributed by atoms with Crippen LogP contribution in [0.1, 0.15) is 23.2 Å². The number of nitrogens with zero attached hydrogens (tertiary/aromatic N) is 1. The number of ether oxygens (including phenoxy) is 1. The molecule has 0 spiro atoms. The van der Waals surface area contributed by atoms with Gasteiger partial charge in [-0.3, -0.25) is 9.59 Å². The fourth-order valence-corrected chi connectivity index (χ4v) is 3.70. The lowest BCUT2D eigenvalue weighted by Crippen LogP contribution is -2.64. The van der Waals surface area contributed by atoms with E-state index in [1.54, 1.807) is 12.1 Å². The van der Waals surface area contributed by atoms with Gasteiger partial charge in [0.2, 0.25) is 5.91 Å². The number of hydrogen-bond acceptors (Lipinski definition) is 8. The molecule has 9 heteroatoms. The van der Waals surface area contributed by atoms with E-state index in [-0.39, 0.29) is 11.8 Å². The lowest BCUT2D eigenvalue weighted by Gasteiger charge is -2.41. The van der Waals surface area contributed by atoms with Crippen molar-refractivity contribution in [3.8, 4) is 0 Å². The summed E-state index contributed by atoms with van der Waals surface area (Å²) in [6.07, 6.45) is -3.51. The zero-order valence-electron chi connectivity index (χ0n) is 15.3. The molecule has 3 rings (SSSR count). The van der Waals surface area contributed by atoms with Crippen molar-refractivity contribution in [3.05, 3.63) is 29.8 Å². The molecule has 5 atom stereocenters. The van der Waals surface area contributed by atoms with Crippen LogP contribution in [0.25, 0.3) is 0 Å².